The van der Waals surface area contributed by atoms with Crippen molar-refractivity contribution in [2.75, 3.05) is 6.54 Å². The van der Waals surface area contributed by atoms with Crippen molar-refractivity contribution in [3.8, 4) is 0 Å². The molecule has 2 aromatic rings. The predicted octanol–water partition coefficient (Wildman–Crippen LogP) is 1.47. The van der Waals surface area contributed by atoms with Crippen LogP contribution in [0.1, 0.15) is 23.4 Å². The van der Waals surface area contributed by atoms with Crippen LogP contribution in [0, 0.1) is 13.8 Å². The summed E-state index contributed by atoms with van der Waals surface area (Å²) in [5, 5.41) is 7.81. The smallest absolute Gasteiger partial charge is 0.115 e. The van der Waals surface area contributed by atoms with Crippen LogP contribution in [0.25, 0.3) is 0 Å². The van der Waals surface area contributed by atoms with Gasteiger partial charge in [-0.15, -0.1) is 0 Å². The van der Waals surface area contributed by atoms with Crippen molar-refractivity contribution in [3.63, 3.8) is 0 Å². The SMILES string of the molecule is Cc1cc(C)n(CCCNCc2cncnc2)n1. The Morgan fingerprint density at radius 3 is 2.67 bits per heavy atom. The molecule has 0 saturated carbocycles. The number of hydrogen-bond donors (Lipinski definition) is 1. The summed E-state index contributed by atoms with van der Waals surface area (Å²) in [4.78, 5) is 7.96. The van der Waals surface area contributed by atoms with Crippen LogP contribution in [0.5, 0.6) is 0 Å². The number of aromatic nitrogens is 4. The van der Waals surface area contributed by atoms with Crippen LogP contribution >= 0.6 is 0 Å². The fourth-order valence-electron chi connectivity index (χ4n) is 1.91. The minimum Gasteiger partial charge on any atom is -0.312 e. The molecular formula is C13H19N5. The van der Waals surface area contributed by atoms with Crippen LogP contribution in [0.2, 0.25) is 0 Å². The molecule has 2 heterocycles. The lowest BCUT2D eigenvalue weighted by Crippen LogP contribution is -2.17. The molecule has 1 N–H and O–H groups in total. The first kappa shape index (κ1) is 12.7. The van der Waals surface area contributed by atoms with E-state index >= 15 is 0 Å². The number of hydrogen-bond acceptors (Lipinski definition) is 4. The average Bonchev–Trinajstić information content (AvgIpc) is 2.69. The van der Waals surface area contributed by atoms with Gasteiger partial charge >= 0.3 is 0 Å². The van der Waals surface area contributed by atoms with Gasteiger partial charge in [0.2, 0.25) is 0 Å². The number of aryl methyl sites for hydroxylation is 3. The second-order valence-corrected chi connectivity index (χ2v) is 4.43. The predicted molar refractivity (Wildman–Crippen MR) is 70.1 cm³/mol. The number of nitrogens with zero attached hydrogens (tertiary/aromatic N) is 4. The normalized spacial score (nSPS) is 10.8. The second kappa shape index (κ2) is 6.26. The third-order valence-electron chi connectivity index (χ3n) is 2.77. The van der Waals surface area contributed by atoms with Crippen LogP contribution in [0.4, 0.5) is 0 Å². The molecule has 0 aromatic carbocycles. The molecule has 2 aromatic heterocycles. The average molecular weight is 245 g/mol. The summed E-state index contributed by atoms with van der Waals surface area (Å²) in [7, 11) is 0. The molecule has 0 saturated heterocycles. The Balaban J connectivity index is 1.66. The summed E-state index contributed by atoms with van der Waals surface area (Å²) < 4.78 is 2.06. The highest BCUT2D eigenvalue weighted by Crippen LogP contribution is 2.02. The highest BCUT2D eigenvalue weighted by Gasteiger charge is 1.99. The molecule has 0 aliphatic rings. The summed E-state index contributed by atoms with van der Waals surface area (Å²) in [6.45, 7) is 6.86. The van der Waals surface area contributed by atoms with E-state index in [0.717, 1.165) is 37.3 Å². The molecule has 0 aliphatic carbocycles. The van der Waals surface area contributed by atoms with Gasteiger partial charge in [-0.3, -0.25) is 4.68 Å². The molecule has 0 radical (unpaired) electrons. The Morgan fingerprint density at radius 1 is 1.22 bits per heavy atom. The molecule has 0 fully saturated rings. The third-order valence-corrected chi connectivity index (χ3v) is 2.77. The zero-order valence-electron chi connectivity index (χ0n) is 10.9. The van der Waals surface area contributed by atoms with Gasteiger partial charge in [0, 0.05) is 36.7 Å². The van der Waals surface area contributed by atoms with E-state index in [1.165, 1.54) is 5.69 Å². The molecule has 96 valence electrons. The van der Waals surface area contributed by atoms with Gasteiger partial charge in [-0.25, -0.2) is 9.97 Å². The molecule has 18 heavy (non-hydrogen) atoms. The van der Waals surface area contributed by atoms with Crippen LogP contribution < -0.4 is 5.32 Å². The van der Waals surface area contributed by atoms with E-state index in [9.17, 15) is 0 Å². The van der Waals surface area contributed by atoms with Crippen LogP contribution in [-0.2, 0) is 13.1 Å². The van der Waals surface area contributed by atoms with Crippen LogP contribution in [-0.4, -0.2) is 26.3 Å². The van der Waals surface area contributed by atoms with E-state index in [1.54, 1.807) is 6.33 Å². The Bertz CT molecular complexity index is 477. The first-order chi connectivity index (χ1) is 8.75. The second-order valence-electron chi connectivity index (χ2n) is 4.43. The standard InChI is InChI=1S/C13H19N5/c1-11-6-12(2)18(17-11)5-3-4-14-7-13-8-15-10-16-9-13/h6,8-10,14H,3-5,7H2,1-2H3. The summed E-state index contributed by atoms with van der Waals surface area (Å²) >= 11 is 0. The topological polar surface area (TPSA) is 55.6 Å². The molecular weight excluding hydrogens is 226 g/mol. The van der Waals surface area contributed by atoms with Crippen LogP contribution in [0.3, 0.4) is 0 Å². The first-order valence-electron chi connectivity index (χ1n) is 6.21. The van der Waals surface area contributed by atoms with Gasteiger partial charge in [0.05, 0.1) is 5.69 Å². The van der Waals surface area contributed by atoms with Crippen molar-refractivity contribution >= 4 is 0 Å². The van der Waals surface area contributed by atoms with E-state index in [4.69, 9.17) is 0 Å². The van der Waals surface area contributed by atoms with Gasteiger partial charge in [0.15, 0.2) is 0 Å². The fraction of sp³-hybridized carbons (Fsp3) is 0.462. The Morgan fingerprint density at radius 2 is 2.00 bits per heavy atom. The molecule has 0 bridgehead atoms. The number of rotatable bonds is 6. The van der Waals surface area contributed by atoms with Gasteiger partial charge in [0.25, 0.3) is 0 Å². The monoisotopic (exact) mass is 245 g/mol. The Labute approximate surface area is 107 Å². The fourth-order valence-corrected chi connectivity index (χ4v) is 1.91. The minimum absolute atomic E-state index is 0.817. The lowest BCUT2D eigenvalue weighted by molar-refractivity contribution is 0.531. The summed E-state index contributed by atoms with van der Waals surface area (Å²) in [5.74, 6) is 0. The number of nitrogens with one attached hydrogen (secondary N) is 1. The van der Waals surface area contributed by atoms with Crippen molar-refractivity contribution in [1.82, 2.24) is 25.1 Å². The molecule has 5 nitrogen and oxygen atoms in total. The lowest BCUT2D eigenvalue weighted by atomic mass is 10.3. The van der Waals surface area contributed by atoms with Crippen molar-refractivity contribution in [1.29, 1.82) is 0 Å². The van der Waals surface area contributed by atoms with E-state index in [0.29, 0.717) is 0 Å². The maximum Gasteiger partial charge on any atom is 0.115 e. The molecule has 0 atom stereocenters. The lowest BCUT2D eigenvalue weighted by Gasteiger charge is -2.06. The zero-order chi connectivity index (χ0) is 12.8. The van der Waals surface area contributed by atoms with Gasteiger partial charge in [-0.1, -0.05) is 0 Å². The van der Waals surface area contributed by atoms with Gasteiger partial charge in [0.1, 0.15) is 6.33 Å². The Hall–Kier alpha value is -1.75. The molecule has 2 rings (SSSR count). The van der Waals surface area contributed by atoms with Gasteiger partial charge in [-0.05, 0) is 32.9 Å². The van der Waals surface area contributed by atoms with E-state index in [-0.39, 0.29) is 0 Å². The van der Waals surface area contributed by atoms with Crippen molar-refractivity contribution in [2.24, 2.45) is 0 Å². The van der Waals surface area contributed by atoms with Crippen molar-refractivity contribution < 1.29 is 0 Å². The molecule has 0 spiro atoms. The highest BCUT2D eigenvalue weighted by atomic mass is 15.3. The molecule has 0 unspecified atom stereocenters. The largest absolute Gasteiger partial charge is 0.312 e. The first-order valence-corrected chi connectivity index (χ1v) is 6.21. The zero-order valence-corrected chi connectivity index (χ0v) is 10.9. The molecule has 0 amide bonds. The van der Waals surface area contributed by atoms with E-state index in [2.05, 4.69) is 38.1 Å². The summed E-state index contributed by atoms with van der Waals surface area (Å²) in [6.07, 6.45) is 6.28. The maximum atomic E-state index is 4.43. The third kappa shape index (κ3) is 3.63. The van der Waals surface area contributed by atoms with Gasteiger partial charge < -0.3 is 5.32 Å². The minimum atomic E-state index is 0.817. The molecule has 0 aliphatic heterocycles. The summed E-state index contributed by atoms with van der Waals surface area (Å²) in [6, 6.07) is 2.11. The Kier molecular flexibility index (Phi) is 4.41. The van der Waals surface area contributed by atoms with Crippen LogP contribution in [0.15, 0.2) is 24.8 Å². The molecule has 5 heteroatoms. The van der Waals surface area contributed by atoms with Crippen molar-refractivity contribution in [3.05, 3.63) is 41.7 Å². The van der Waals surface area contributed by atoms with Crippen molar-refractivity contribution in [2.45, 2.75) is 33.4 Å². The maximum absolute atomic E-state index is 4.43. The van der Waals surface area contributed by atoms with Gasteiger partial charge in [-0.2, -0.15) is 5.10 Å². The summed E-state index contributed by atoms with van der Waals surface area (Å²) in [5.41, 5.74) is 3.43. The van der Waals surface area contributed by atoms with E-state index < -0.39 is 0 Å². The quantitative estimate of drug-likeness (QED) is 0.783. The highest BCUT2D eigenvalue weighted by molar-refractivity contribution is 5.06. The van der Waals surface area contributed by atoms with E-state index in [1.807, 2.05) is 19.3 Å².